The molecule has 2 unspecified atom stereocenters. The molecular formula is C10H21NO3. The molecule has 14 heavy (non-hydrogen) atoms. The molecule has 0 amide bonds. The van der Waals surface area contributed by atoms with Crippen LogP contribution in [0.15, 0.2) is 0 Å². The Balaban J connectivity index is 2.14. The van der Waals surface area contributed by atoms with Gasteiger partial charge in [-0.15, -0.1) is 0 Å². The molecule has 4 heteroatoms. The largest absolute Gasteiger partial charge is 0.383 e. The minimum atomic E-state index is -0.420. The van der Waals surface area contributed by atoms with E-state index in [2.05, 4.69) is 12.2 Å². The first-order chi connectivity index (χ1) is 6.53. The number of hydrogen-bond donors (Lipinski definition) is 1. The number of rotatable bonds is 5. The van der Waals surface area contributed by atoms with Crippen molar-refractivity contribution in [1.82, 2.24) is 5.32 Å². The van der Waals surface area contributed by atoms with Crippen LogP contribution in [-0.4, -0.2) is 44.8 Å². The van der Waals surface area contributed by atoms with Crippen molar-refractivity contribution in [3.05, 3.63) is 0 Å². The van der Waals surface area contributed by atoms with E-state index in [-0.39, 0.29) is 6.10 Å². The summed E-state index contributed by atoms with van der Waals surface area (Å²) >= 11 is 0. The van der Waals surface area contributed by atoms with Gasteiger partial charge in [0.1, 0.15) is 0 Å². The molecule has 0 bridgehead atoms. The molecule has 0 saturated carbocycles. The van der Waals surface area contributed by atoms with Gasteiger partial charge in [0, 0.05) is 19.7 Å². The second kappa shape index (κ2) is 5.07. The maximum atomic E-state index is 5.65. The summed E-state index contributed by atoms with van der Waals surface area (Å²) in [5.74, 6) is -0.420. The quantitative estimate of drug-likeness (QED) is 0.716. The highest BCUT2D eigenvalue weighted by molar-refractivity contribution is 4.74. The molecule has 0 aromatic carbocycles. The van der Waals surface area contributed by atoms with Crippen LogP contribution in [0, 0.1) is 0 Å². The Labute approximate surface area is 85.9 Å². The summed E-state index contributed by atoms with van der Waals surface area (Å²) in [6, 6.07) is 0.354. The second-order valence-corrected chi connectivity index (χ2v) is 4.22. The van der Waals surface area contributed by atoms with Crippen LogP contribution in [0.4, 0.5) is 0 Å². The predicted molar refractivity (Wildman–Crippen MR) is 54.2 cm³/mol. The highest BCUT2D eigenvalue weighted by atomic mass is 16.7. The number of methoxy groups -OCH3 is 1. The normalized spacial score (nSPS) is 27.9. The van der Waals surface area contributed by atoms with Gasteiger partial charge in [0.15, 0.2) is 5.79 Å². The van der Waals surface area contributed by atoms with Gasteiger partial charge < -0.3 is 19.5 Å². The lowest BCUT2D eigenvalue weighted by Gasteiger charge is -2.19. The Morgan fingerprint density at radius 3 is 2.79 bits per heavy atom. The van der Waals surface area contributed by atoms with E-state index >= 15 is 0 Å². The fourth-order valence-electron chi connectivity index (χ4n) is 1.51. The van der Waals surface area contributed by atoms with Gasteiger partial charge in [0.05, 0.1) is 19.3 Å². The second-order valence-electron chi connectivity index (χ2n) is 4.22. The van der Waals surface area contributed by atoms with Crippen molar-refractivity contribution < 1.29 is 14.2 Å². The zero-order chi connectivity index (χ0) is 10.6. The summed E-state index contributed by atoms with van der Waals surface area (Å²) in [6.45, 7) is 8.16. The lowest BCUT2D eigenvalue weighted by molar-refractivity contribution is -0.137. The number of ether oxygens (including phenoxy) is 3. The maximum absolute atomic E-state index is 5.65. The fourth-order valence-corrected chi connectivity index (χ4v) is 1.51. The van der Waals surface area contributed by atoms with Crippen molar-refractivity contribution in [2.45, 2.75) is 38.7 Å². The van der Waals surface area contributed by atoms with E-state index in [1.165, 1.54) is 0 Å². The third kappa shape index (κ3) is 3.92. The monoisotopic (exact) mass is 203 g/mol. The Morgan fingerprint density at radius 1 is 1.57 bits per heavy atom. The van der Waals surface area contributed by atoms with E-state index in [0.717, 1.165) is 13.2 Å². The van der Waals surface area contributed by atoms with Crippen molar-refractivity contribution >= 4 is 0 Å². The third-order valence-corrected chi connectivity index (χ3v) is 2.18. The first-order valence-electron chi connectivity index (χ1n) is 5.07. The van der Waals surface area contributed by atoms with Gasteiger partial charge in [-0.05, 0) is 20.8 Å². The van der Waals surface area contributed by atoms with Gasteiger partial charge in [-0.3, -0.25) is 0 Å². The molecule has 0 aromatic heterocycles. The summed E-state index contributed by atoms with van der Waals surface area (Å²) in [5.41, 5.74) is 0. The summed E-state index contributed by atoms with van der Waals surface area (Å²) in [4.78, 5) is 0. The summed E-state index contributed by atoms with van der Waals surface area (Å²) in [5, 5.41) is 3.33. The zero-order valence-corrected chi connectivity index (χ0v) is 9.50. The van der Waals surface area contributed by atoms with Crippen LogP contribution in [0.3, 0.4) is 0 Å². The van der Waals surface area contributed by atoms with Crippen LogP contribution in [0.25, 0.3) is 0 Å². The van der Waals surface area contributed by atoms with Gasteiger partial charge in [-0.25, -0.2) is 0 Å². The molecule has 1 aliphatic rings. The van der Waals surface area contributed by atoms with Gasteiger partial charge in [-0.1, -0.05) is 0 Å². The van der Waals surface area contributed by atoms with Crippen LogP contribution < -0.4 is 5.32 Å². The minimum absolute atomic E-state index is 0.157. The van der Waals surface area contributed by atoms with Gasteiger partial charge in [0.25, 0.3) is 0 Å². The Kier molecular flexibility index (Phi) is 4.31. The van der Waals surface area contributed by atoms with E-state index in [1.807, 2.05) is 13.8 Å². The molecule has 1 heterocycles. The van der Waals surface area contributed by atoms with E-state index in [4.69, 9.17) is 14.2 Å². The Morgan fingerprint density at radius 2 is 2.29 bits per heavy atom. The highest BCUT2D eigenvalue weighted by Gasteiger charge is 2.32. The fraction of sp³-hybridized carbons (Fsp3) is 1.00. The third-order valence-electron chi connectivity index (χ3n) is 2.18. The van der Waals surface area contributed by atoms with Gasteiger partial charge >= 0.3 is 0 Å². The lowest BCUT2D eigenvalue weighted by atomic mass is 10.3. The molecule has 1 N–H and O–H groups in total. The Hall–Kier alpha value is -0.160. The molecule has 2 atom stereocenters. The van der Waals surface area contributed by atoms with Crippen LogP contribution >= 0.6 is 0 Å². The topological polar surface area (TPSA) is 39.7 Å². The zero-order valence-electron chi connectivity index (χ0n) is 9.50. The molecule has 1 fully saturated rings. The van der Waals surface area contributed by atoms with Gasteiger partial charge in [0.2, 0.25) is 0 Å². The molecule has 84 valence electrons. The molecule has 0 aromatic rings. The van der Waals surface area contributed by atoms with E-state index in [1.54, 1.807) is 7.11 Å². The predicted octanol–water partition coefficient (Wildman–Crippen LogP) is 0.762. The molecule has 0 radical (unpaired) electrons. The van der Waals surface area contributed by atoms with E-state index in [0.29, 0.717) is 12.6 Å². The molecule has 1 aliphatic heterocycles. The summed E-state index contributed by atoms with van der Waals surface area (Å²) in [6.07, 6.45) is 0.157. The van der Waals surface area contributed by atoms with Crippen molar-refractivity contribution in [2.24, 2.45) is 0 Å². The van der Waals surface area contributed by atoms with Crippen molar-refractivity contribution in [2.75, 3.05) is 26.9 Å². The van der Waals surface area contributed by atoms with Crippen molar-refractivity contribution in [3.8, 4) is 0 Å². The summed E-state index contributed by atoms with van der Waals surface area (Å²) in [7, 11) is 1.70. The van der Waals surface area contributed by atoms with Crippen LogP contribution in [-0.2, 0) is 14.2 Å². The maximum Gasteiger partial charge on any atom is 0.163 e. The highest BCUT2D eigenvalue weighted by Crippen LogP contribution is 2.21. The standard InChI is InChI=1S/C10H21NO3/c1-8(6-12-4)11-5-9-7-13-10(2,3)14-9/h8-9,11H,5-7H2,1-4H3. The van der Waals surface area contributed by atoms with Crippen LogP contribution in [0.1, 0.15) is 20.8 Å². The van der Waals surface area contributed by atoms with Crippen LogP contribution in [0.2, 0.25) is 0 Å². The first-order valence-corrected chi connectivity index (χ1v) is 5.07. The average Bonchev–Trinajstić information content (AvgIpc) is 2.43. The molecular weight excluding hydrogens is 182 g/mol. The Bertz CT molecular complexity index is 173. The van der Waals surface area contributed by atoms with E-state index < -0.39 is 5.79 Å². The van der Waals surface area contributed by atoms with Crippen molar-refractivity contribution in [1.29, 1.82) is 0 Å². The smallest absolute Gasteiger partial charge is 0.163 e. The molecule has 1 saturated heterocycles. The number of nitrogens with one attached hydrogen (secondary N) is 1. The summed E-state index contributed by atoms with van der Waals surface area (Å²) < 4.78 is 16.1. The molecule has 0 aliphatic carbocycles. The van der Waals surface area contributed by atoms with Crippen molar-refractivity contribution in [3.63, 3.8) is 0 Å². The molecule has 1 rings (SSSR count). The average molecular weight is 203 g/mol. The first kappa shape index (κ1) is 11.9. The SMILES string of the molecule is COCC(C)NCC1COC(C)(C)O1. The lowest BCUT2D eigenvalue weighted by Crippen LogP contribution is -2.37. The molecule has 0 spiro atoms. The van der Waals surface area contributed by atoms with Crippen LogP contribution in [0.5, 0.6) is 0 Å². The minimum Gasteiger partial charge on any atom is -0.383 e. The molecule has 4 nitrogen and oxygen atoms in total. The van der Waals surface area contributed by atoms with Gasteiger partial charge in [-0.2, -0.15) is 0 Å². The van der Waals surface area contributed by atoms with E-state index in [9.17, 15) is 0 Å². The number of hydrogen-bond acceptors (Lipinski definition) is 4.